The van der Waals surface area contributed by atoms with E-state index in [2.05, 4.69) is 0 Å². The highest BCUT2D eigenvalue weighted by Crippen LogP contribution is 2.37. The molecule has 0 aliphatic rings. The molecule has 3 N–H and O–H groups in total. The van der Waals surface area contributed by atoms with Gasteiger partial charge in [-0.25, -0.2) is 4.39 Å². The van der Waals surface area contributed by atoms with Gasteiger partial charge in [-0.3, -0.25) is 0 Å². The van der Waals surface area contributed by atoms with Crippen molar-refractivity contribution in [3.63, 3.8) is 0 Å². The number of alkyl halides is 3. The van der Waals surface area contributed by atoms with Crippen LogP contribution < -0.4 is 5.73 Å². The SMILES string of the molecule is CCC(N)C(CCO)c1ccc(F)cc1C(F)(F)F. The minimum Gasteiger partial charge on any atom is -0.396 e. The molecule has 2 unspecified atom stereocenters. The molecule has 0 saturated heterocycles. The largest absolute Gasteiger partial charge is 0.416 e. The van der Waals surface area contributed by atoms with Crippen LogP contribution in [0.1, 0.15) is 36.8 Å². The summed E-state index contributed by atoms with van der Waals surface area (Å²) in [7, 11) is 0. The molecule has 0 saturated carbocycles. The summed E-state index contributed by atoms with van der Waals surface area (Å²) >= 11 is 0. The Hall–Kier alpha value is -1.14. The van der Waals surface area contributed by atoms with Crippen molar-refractivity contribution in [2.45, 2.75) is 37.9 Å². The van der Waals surface area contributed by atoms with Crippen molar-refractivity contribution in [3.8, 4) is 0 Å². The lowest BCUT2D eigenvalue weighted by Gasteiger charge is -2.25. The van der Waals surface area contributed by atoms with Crippen molar-refractivity contribution in [2.75, 3.05) is 6.61 Å². The summed E-state index contributed by atoms with van der Waals surface area (Å²) in [5.41, 5.74) is 4.74. The number of nitrogens with two attached hydrogens (primary N) is 1. The van der Waals surface area contributed by atoms with Crippen LogP contribution in [0.3, 0.4) is 0 Å². The minimum atomic E-state index is -4.64. The predicted molar refractivity (Wildman–Crippen MR) is 64.1 cm³/mol. The molecule has 0 radical (unpaired) electrons. The molecule has 1 aromatic rings. The van der Waals surface area contributed by atoms with Gasteiger partial charge >= 0.3 is 6.18 Å². The van der Waals surface area contributed by atoms with Crippen LogP contribution in [0.5, 0.6) is 0 Å². The second kappa shape index (κ2) is 6.34. The fourth-order valence-corrected chi connectivity index (χ4v) is 2.12. The fraction of sp³-hybridized carbons (Fsp3) is 0.538. The third-order valence-corrected chi connectivity index (χ3v) is 3.15. The second-order valence-corrected chi connectivity index (χ2v) is 4.42. The maximum absolute atomic E-state index is 13.0. The zero-order valence-electron chi connectivity index (χ0n) is 10.5. The van der Waals surface area contributed by atoms with E-state index in [1.807, 2.05) is 0 Å². The first kappa shape index (κ1) is 15.9. The van der Waals surface area contributed by atoms with E-state index in [0.717, 1.165) is 12.1 Å². The summed E-state index contributed by atoms with van der Waals surface area (Å²) in [5, 5.41) is 8.98. The maximum Gasteiger partial charge on any atom is 0.416 e. The summed E-state index contributed by atoms with van der Waals surface area (Å²) in [5.74, 6) is -1.59. The second-order valence-electron chi connectivity index (χ2n) is 4.42. The van der Waals surface area contributed by atoms with Crippen LogP contribution in [0.4, 0.5) is 17.6 Å². The first-order valence-electron chi connectivity index (χ1n) is 6.04. The van der Waals surface area contributed by atoms with Gasteiger partial charge in [-0.15, -0.1) is 0 Å². The van der Waals surface area contributed by atoms with Crippen molar-refractivity contribution in [1.82, 2.24) is 0 Å². The van der Waals surface area contributed by atoms with E-state index >= 15 is 0 Å². The normalized spacial score (nSPS) is 15.3. The maximum atomic E-state index is 13.0. The molecule has 0 bridgehead atoms. The lowest BCUT2D eigenvalue weighted by Crippen LogP contribution is -2.30. The van der Waals surface area contributed by atoms with Crippen molar-refractivity contribution in [3.05, 3.63) is 35.1 Å². The molecule has 0 fully saturated rings. The van der Waals surface area contributed by atoms with Crippen LogP contribution in [0.15, 0.2) is 18.2 Å². The molecule has 108 valence electrons. The van der Waals surface area contributed by atoms with E-state index in [1.165, 1.54) is 0 Å². The molecule has 0 heterocycles. The molecule has 0 aliphatic carbocycles. The quantitative estimate of drug-likeness (QED) is 0.814. The van der Waals surface area contributed by atoms with E-state index in [1.54, 1.807) is 6.92 Å². The van der Waals surface area contributed by atoms with Crippen molar-refractivity contribution in [2.24, 2.45) is 5.73 Å². The number of hydrogen-bond acceptors (Lipinski definition) is 2. The Morgan fingerprint density at radius 3 is 2.42 bits per heavy atom. The van der Waals surface area contributed by atoms with E-state index in [-0.39, 0.29) is 18.6 Å². The number of rotatable bonds is 5. The van der Waals surface area contributed by atoms with Crippen molar-refractivity contribution in [1.29, 1.82) is 0 Å². The molecule has 0 aromatic heterocycles. The predicted octanol–water partition coefficient (Wildman–Crippen LogP) is 3.05. The molecule has 0 amide bonds. The van der Waals surface area contributed by atoms with Crippen LogP contribution >= 0.6 is 0 Å². The number of aliphatic hydroxyl groups is 1. The lowest BCUT2D eigenvalue weighted by molar-refractivity contribution is -0.138. The molecule has 2 atom stereocenters. The van der Waals surface area contributed by atoms with Gasteiger partial charge < -0.3 is 10.8 Å². The van der Waals surface area contributed by atoms with Gasteiger partial charge in [0.2, 0.25) is 0 Å². The zero-order valence-corrected chi connectivity index (χ0v) is 10.5. The molecule has 1 aromatic carbocycles. The summed E-state index contributed by atoms with van der Waals surface area (Å²) in [4.78, 5) is 0. The van der Waals surface area contributed by atoms with Gasteiger partial charge in [0.1, 0.15) is 5.82 Å². The third-order valence-electron chi connectivity index (χ3n) is 3.15. The number of halogens is 4. The Balaban J connectivity index is 3.29. The molecule has 0 spiro atoms. The minimum absolute atomic E-state index is 0.0581. The Morgan fingerprint density at radius 2 is 1.95 bits per heavy atom. The zero-order chi connectivity index (χ0) is 14.6. The molecule has 1 rings (SSSR count). The van der Waals surface area contributed by atoms with Gasteiger partial charge in [-0.1, -0.05) is 13.0 Å². The van der Waals surface area contributed by atoms with Crippen LogP contribution in [0.2, 0.25) is 0 Å². The van der Waals surface area contributed by atoms with Crippen LogP contribution in [0, 0.1) is 5.82 Å². The van der Waals surface area contributed by atoms with Crippen LogP contribution in [0.25, 0.3) is 0 Å². The van der Waals surface area contributed by atoms with Gasteiger partial charge in [-0.2, -0.15) is 13.2 Å². The first-order valence-corrected chi connectivity index (χ1v) is 6.04. The molecule has 2 nitrogen and oxygen atoms in total. The van der Waals surface area contributed by atoms with Gasteiger partial charge in [-0.05, 0) is 30.5 Å². The monoisotopic (exact) mass is 279 g/mol. The Kier molecular flexibility index (Phi) is 5.31. The number of aliphatic hydroxyl groups excluding tert-OH is 1. The average molecular weight is 279 g/mol. The van der Waals surface area contributed by atoms with Gasteiger partial charge in [0.15, 0.2) is 0 Å². The Bertz CT molecular complexity index is 420. The lowest BCUT2D eigenvalue weighted by atomic mass is 9.85. The smallest absolute Gasteiger partial charge is 0.396 e. The van der Waals surface area contributed by atoms with Gasteiger partial charge in [0.05, 0.1) is 5.56 Å². The number of benzene rings is 1. The summed E-state index contributed by atoms with van der Waals surface area (Å²) < 4.78 is 51.8. The fourth-order valence-electron chi connectivity index (χ4n) is 2.12. The highest BCUT2D eigenvalue weighted by molar-refractivity contribution is 5.34. The number of hydrogen-bond donors (Lipinski definition) is 2. The van der Waals surface area contributed by atoms with Crippen LogP contribution in [-0.2, 0) is 6.18 Å². The van der Waals surface area contributed by atoms with Crippen molar-refractivity contribution < 1.29 is 22.7 Å². The van der Waals surface area contributed by atoms with E-state index in [0.29, 0.717) is 12.5 Å². The summed E-state index contributed by atoms with van der Waals surface area (Å²) in [6.07, 6.45) is -4.05. The van der Waals surface area contributed by atoms with E-state index < -0.39 is 29.5 Å². The first-order chi connectivity index (χ1) is 8.81. The molecule has 6 heteroatoms. The molecular weight excluding hydrogens is 262 g/mol. The van der Waals surface area contributed by atoms with Gasteiger partial charge in [0.25, 0.3) is 0 Å². The van der Waals surface area contributed by atoms with Crippen molar-refractivity contribution >= 4 is 0 Å². The standard InChI is InChI=1S/C13H17F4NO/c1-2-12(18)10(5-6-19)9-4-3-8(14)7-11(9)13(15,16)17/h3-4,7,10,12,19H,2,5-6,18H2,1H3. The summed E-state index contributed by atoms with van der Waals surface area (Å²) in [6, 6.07) is 2.05. The highest BCUT2D eigenvalue weighted by atomic mass is 19.4. The Labute approximate surface area is 109 Å². The van der Waals surface area contributed by atoms with Gasteiger partial charge in [0, 0.05) is 18.6 Å². The van der Waals surface area contributed by atoms with Crippen LogP contribution in [-0.4, -0.2) is 17.8 Å². The van der Waals surface area contributed by atoms with E-state index in [4.69, 9.17) is 10.8 Å². The third kappa shape index (κ3) is 3.91. The Morgan fingerprint density at radius 1 is 1.32 bits per heavy atom. The van der Waals surface area contributed by atoms with E-state index in [9.17, 15) is 17.6 Å². The molecular formula is C13H17F4NO. The average Bonchev–Trinajstić information content (AvgIpc) is 2.34. The summed E-state index contributed by atoms with van der Waals surface area (Å²) in [6.45, 7) is 1.48. The molecule has 0 aliphatic heterocycles. The topological polar surface area (TPSA) is 46.2 Å². The highest BCUT2D eigenvalue weighted by Gasteiger charge is 2.36. The molecule has 19 heavy (non-hydrogen) atoms.